The van der Waals surface area contributed by atoms with Crippen molar-refractivity contribution in [2.45, 2.75) is 19.8 Å². The summed E-state index contributed by atoms with van der Waals surface area (Å²) in [6, 6.07) is 5.76. The number of benzene rings is 1. The lowest BCUT2D eigenvalue weighted by Crippen LogP contribution is -2.05. The molecule has 2 N–H and O–H groups in total. The molecule has 2 aromatic heterocycles. The Balaban J connectivity index is 2.12. The molecule has 0 aliphatic carbocycles. The highest BCUT2D eigenvalue weighted by Crippen LogP contribution is 2.40. The van der Waals surface area contributed by atoms with Gasteiger partial charge in [-0.3, -0.25) is 5.10 Å². The third kappa shape index (κ3) is 2.69. The number of nitrogens with zero attached hydrogens (tertiary/aromatic N) is 3. The molecule has 7 nitrogen and oxygen atoms in total. The summed E-state index contributed by atoms with van der Waals surface area (Å²) in [4.78, 5) is 8.86. The van der Waals surface area contributed by atoms with Gasteiger partial charge >= 0.3 is 0 Å². The van der Waals surface area contributed by atoms with E-state index in [0.29, 0.717) is 17.3 Å². The lowest BCUT2D eigenvalue weighted by atomic mass is 10.1. The lowest BCUT2D eigenvalue weighted by Gasteiger charge is -2.13. The van der Waals surface area contributed by atoms with Gasteiger partial charge in [0, 0.05) is 6.54 Å². The van der Waals surface area contributed by atoms with E-state index >= 15 is 0 Å². The van der Waals surface area contributed by atoms with Crippen LogP contribution < -0.4 is 14.8 Å². The molecular formula is C16H21N5O2. The molecule has 2 heterocycles. The minimum atomic E-state index is 0.615. The van der Waals surface area contributed by atoms with Gasteiger partial charge in [0.15, 0.2) is 17.3 Å². The van der Waals surface area contributed by atoms with Gasteiger partial charge in [-0.05, 0) is 18.6 Å². The van der Waals surface area contributed by atoms with E-state index in [0.717, 1.165) is 36.5 Å². The van der Waals surface area contributed by atoms with Gasteiger partial charge < -0.3 is 14.8 Å². The van der Waals surface area contributed by atoms with Gasteiger partial charge in [-0.1, -0.05) is 19.4 Å². The second-order valence-electron chi connectivity index (χ2n) is 5.15. The van der Waals surface area contributed by atoms with E-state index in [2.05, 4.69) is 27.3 Å². The number of hydrogen-bond donors (Lipinski definition) is 2. The molecule has 0 fully saturated rings. The van der Waals surface area contributed by atoms with Crippen LogP contribution in [0.25, 0.3) is 17.0 Å². The Bertz CT molecular complexity index is 793. The predicted octanol–water partition coefficient (Wildman–Crippen LogP) is 2.95. The number of anilines is 1. The van der Waals surface area contributed by atoms with Crippen molar-refractivity contribution in [3.63, 3.8) is 0 Å². The van der Waals surface area contributed by atoms with E-state index in [1.807, 2.05) is 22.7 Å². The molecule has 0 amide bonds. The molecule has 0 saturated heterocycles. The molecule has 0 unspecified atom stereocenters. The first-order chi connectivity index (χ1) is 11.3. The number of aromatic amines is 1. The largest absolute Gasteiger partial charge is 0.493 e. The van der Waals surface area contributed by atoms with Gasteiger partial charge in [-0.15, -0.1) is 0 Å². The van der Waals surface area contributed by atoms with Crippen LogP contribution in [0.1, 0.15) is 19.8 Å². The average Bonchev–Trinajstić information content (AvgIpc) is 3.16. The number of methoxy groups -OCH3 is 2. The minimum Gasteiger partial charge on any atom is -0.493 e. The Kier molecular flexibility index (Phi) is 4.36. The van der Waals surface area contributed by atoms with Crippen molar-refractivity contribution < 1.29 is 9.47 Å². The maximum Gasteiger partial charge on any atom is 0.252 e. The molecule has 0 radical (unpaired) electrons. The Morgan fingerprint density at radius 1 is 1.26 bits per heavy atom. The predicted molar refractivity (Wildman–Crippen MR) is 89.3 cm³/mol. The van der Waals surface area contributed by atoms with E-state index in [-0.39, 0.29) is 0 Å². The van der Waals surface area contributed by atoms with Crippen molar-refractivity contribution >= 4 is 11.6 Å². The maximum absolute atomic E-state index is 5.54. The van der Waals surface area contributed by atoms with Gasteiger partial charge in [-0.25, -0.2) is 14.5 Å². The van der Waals surface area contributed by atoms with Crippen LogP contribution >= 0.6 is 0 Å². The monoisotopic (exact) mass is 315 g/mol. The molecule has 0 aliphatic rings. The molecule has 3 rings (SSSR count). The summed E-state index contributed by atoms with van der Waals surface area (Å²) in [6.45, 7) is 3.03. The van der Waals surface area contributed by atoms with Crippen LogP contribution in [0.5, 0.6) is 11.5 Å². The summed E-state index contributed by atoms with van der Waals surface area (Å²) in [5.74, 6) is 2.82. The number of nitrogens with one attached hydrogen (secondary N) is 2. The summed E-state index contributed by atoms with van der Waals surface area (Å²) in [5.41, 5.74) is 1.65. The third-order valence-electron chi connectivity index (χ3n) is 3.71. The Morgan fingerprint density at radius 2 is 2.13 bits per heavy atom. The van der Waals surface area contributed by atoms with Crippen LogP contribution in [0, 0.1) is 0 Å². The first-order valence-electron chi connectivity index (χ1n) is 7.67. The number of para-hydroxylation sites is 1. The van der Waals surface area contributed by atoms with Crippen molar-refractivity contribution in [1.29, 1.82) is 0 Å². The fourth-order valence-corrected chi connectivity index (χ4v) is 2.57. The van der Waals surface area contributed by atoms with Crippen molar-refractivity contribution in [1.82, 2.24) is 19.6 Å². The lowest BCUT2D eigenvalue weighted by molar-refractivity contribution is 0.356. The fraction of sp³-hybridized carbons (Fsp3) is 0.375. The van der Waals surface area contributed by atoms with E-state index in [9.17, 15) is 0 Å². The van der Waals surface area contributed by atoms with Gasteiger partial charge in [-0.2, -0.15) is 0 Å². The van der Waals surface area contributed by atoms with Crippen LogP contribution in [0.15, 0.2) is 24.5 Å². The molecule has 7 heteroatoms. The van der Waals surface area contributed by atoms with Gasteiger partial charge in [0.2, 0.25) is 0 Å². The van der Waals surface area contributed by atoms with E-state index in [1.165, 1.54) is 0 Å². The van der Waals surface area contributed by atoms with Crippen molar-refractivity contribution in [2.75, 3.05) is 26.1 Å². The summed E-state index contributed by atoms with van der Waals surface area (Å²) in [5, 5.41) is 6.52. The topological polar surface area (TPSA) is 76.5 Å². The highest BCUT2D eigenvalue weighted by Gasteiger charge is 2.20. The number of imidazole rings is 1. The number of unbranched alkanes of at least 4 members (excludes halogenated alkanes) is 1. The molecule has 0 spiro atoms. The van der Waals surface area contributed by atoms with Crippen LogP contribution in [0.2, 0.25) is 0 Å². The molecule has 0 saturated carbocycles. The van der Waals surface area contributed by atoms with Gasteiger partial charge in [0.25, 0.3) is 5.78 Å². The highest BCUT2D eigenvalue weighted by molar-refractivity contribution is 5.81. The summed E-state index contributed by atoms with van der Waals surface area (Å²) < 4.78 is 12.8. The smallest absolute Gasteiger partial charge is 0.252 e. The number of aromatic nitrogens is 4. The van der Waals surface area contributed by atoms with Crippen molar-refractivity contribution in [3.05, 3.63) is 24.5 Å². The Morgan fingerprint density at radius 3 is 2.87 bits per heavy atom. The molecule has 23 heavy (non-hydrogen) atoms. The summed E-state index contributed by atoms with van der Waals surface area (Å²) in [6.07, 6.45) is 3.83. The first-order valence-corrected chi connectivity index (χ1v) is 7.67. The van der Waals surface area contributed by atoms with Crippen LogP contribution in [0.4, 0.5) is 5.82 Å². The summed E-state index contributed by atoms with van der Waals surface area (Å²) in [7, 11) is 3.26. The number of ether oxygens (including phenoxy) is 2. The Hall–Kier alpha value is -2.70. The zero-order valence-electron chi connectivity index (χ0n) is 13.6. The molecule has 0 bridgehead atoms. The van der Waals surface area contributed by atoms with Crippen LogP contribution in [0.3, 0.4) is 0 Å². The third-order valence-corrected chi connectivity index (χ3v) is 3.71. The molecule has 1 aromatic carbocycles. The SMILES string of the molecule is CCCCNc1c(-c2cccc(OC)c2OC)nc2nc[nH]n12. The summed E-state index contributed by atoms with van der Waals surface area (Å²) >= 11 is 0. The Labute approximate surface area is 134 Å². The molecule has 0 atom stereocenters. The molecular weight excluding hydrogens is 294 g/mol. The normalized spacial score (nSPS) is 10.9. The van der Waals surface area contributed by atoms with Crippen LogP contribution in [-0.2, 0) is 0 Å². The van der Waals surface area contributed by atoms with Gasteiger partial charge in [0.05, 0.1) is 19.8 Å². The average molecular weight is 315 g/mol. The maximum atomic E-state index is 5.54. The van der Waals surface area contributed by atoms with E-state index in [4.69, 9.17) is 9.47 Å². The zero-order valence-corrected chi connectivity index (χ0v) is 13.6. The minimum absolute atomic E-state index is 0.615. The highest BCUT2D eigenvalue weighted by atomic mass is 16.5. The van der Waals surface area contributed by atoms with Crippen LogP contribution in [-0.4, -0.2) is 40.3 Å². The molecule has 3 aromatic rings. The second kappa shape index (κ2) is 6.60. The quantitative estimate of drug-likeness (QED) is 0.656. The van der Waals surface area contributed by atoms with Crippen molar-refractivity contribution in [3.8, 4) is 22.8 Å². The standard InChI is InChI=1S/C16H21N5O2/c1-4-5-9-17-15-13(20-16-18-10-19-21(15)16)11-7-6-8-12(22-2)14(11)23-3/h6-8,10,17H,4-5,9H2,1-3H3,(H,18,19,20). The second-order valence-corrected chi connectivity index (χ2v) is 5.15. The van der Waals surface area contributed by atoms with Gasteiger partial charge in [0.1, 0.15) is 12.0 Å². The number of H-pyrrole nitrogens is 1. The number of fused-ring (bicyclic) bond motifs is 1. The van der Waals surface area contributed by atoms with Crippen molar-refractivity contribution in [2.24, 2.45) is 0 Å². The van der Waals surface area contributed by atoms with E-state index < -0.39 is 0 Å². The molecule has 122 valence electrons. The first kappa shape index (κ1) is 15.2. The number of hydrogen-bond acceptors (Lipinski definition) is 5. The zero-order chi connectivity index (χ0) is 16.2. The molecule has 0 aliphatic heterocycles. The number of rotatable bonds is 7. The fourth-order valence-electron chi connectivity index (χ4n) is 2.57. The van der Waals surface area contributed by atoms with E-state index in [1.54, 1.807) is 20.5 Å².